The summed E-state index contributed by atoms with van der Waals surface area (Å²) in [6, 6.07) is 5.78. The first-order valence-electron chi connectivity index (χ1n) is 7.46. The van der Waals surface area contributed by atoms with Crippen LogP contribution in [0, 0.1) is 0 Å². The molecule has 0 saturated heterocycles. The van der Waals surface area contributed by atoms with Crippen molar-refractivity contribution in [3.8, 4) is 5.75 Å². The number of carbonyl (C=O) groups excluding carboxylic acids is 1. The molecule has 0 bridgehead atoms. The first-order chi connectivity index (χ1) is 11.1. The lowest BCUT2D eigenvalue weighted by atomic mass is 10.1. The number of ether oxygens (including phenoxy) is 1. The highest BCUT2D eigenvalue weighted by molar-refractivity contribution is 7.15. The standard InChI is InChI=1S/C17H19N3O2S/c1-10(2)15-9-19-17(23-15)20-16(21)6-11-8-18-14-5-4-12(22-3)7-13(11)14/h4-5,7-10,18H,6H2,1-3H3,(H,19,20,21). The van der Waals surface area contributed by atoms with Gasteiger partial charge in [-0.25, -0.2) is 4.98 Å². The first-order valence-corrected chi connectivity index (χ1v) is 8.28. The van der Waals surface area contributed by atoms with Crippen LogP contribution in [0.15, 0.2) is 30.6 Å². The Kier molecular flexibility index (Phi) is 4.34. The van der Waals surface area contributed by atoms with Gasteiger partial charge in [0, 0.05) is 28.2 Å². The minimum Gasteiger partial charge on any atom is -0.497 e. The van der Waals surface area contributed by atoms with Crippen molar-refractivity contribution in [3.05, 3.63) is 41.0 Å². The van der Waals surface area contributed by atoms with Gasteiger partial charge in [0.2, 0.25) is 5.91 Å². The highest BCUT2D eigenvalue weighted by atomic mass is 32.1. The fraction of sp³-hybridized carbons (Fsp3) is 0.294. The topological polar surface area (TPSA) is 67.0 Å². The van der Waals surface area contributed by atoms with Gasteiger partial charge in [0.15, 0.2) is 5.13 Å². The van der Waals surface area contributed by atoms with Gasteiger partial charge in [-0.05, 0) is 29.7 Å². The van der Waals surface area contributed by atoms with Crippen LogP contribution >= 0.6 is 11.3 Å². The van der Waals surface area contributed by atoms with Crippen molar-refractivity contribution in [3.63, 3.8) is 0 Å². The fourth-order valence-electron chi connectivity index (χ4n) is 2.38. The second-order valence-electron chi connectivity index (χ2n) is 5.67. The average Bonchev–Trinajstić information content (AvgIpc) is 3.14. The Morgan fingerprint density at radius 3 is 2.96 bits per heavy atom. The van der Waals surface area contributed by atoms with Gasteiger partial charge in [-0.3, -0.25) is 4.79 Å². The maximum Gasteiger partial charge on any atom is 0.230 e. The SMILES string of the molecule is COc1ccc2[nH]cc(CC(=O)Nc3ncc(C(C)C)s3)c2c1. The van der Waals surface area contributed by atoms with E-state index in [2.05, 4.69) is 29.1 Å². The van der Waals surface area contributed by atoms with E-state index in [-0.39, 0.29) is 5.91 Å². The monoisotopic (exact) mass is 329 g/mol. The summed E-state index contributed by atoms with van der Waals surface area (Å²) in [5, 5.41) is 4.52. The van der Waals surface area contributed by atoms with Crippen molar-refractivity contribution in [2.45, 2.75) is 26.2 Å². The number of aromatic nitrogens is 2. The lowest BCUT2D eigenvalue weighted by Gasteiger charge is -2.03. The molecule has 0 radical (unpaired) electrons. The number of hydrogen-bond acceptors (Lipinski definition) is 4. The van der Waals surface area contributed by atoms with Gasteiger partial charge in [0.05, 0.1) is 13.5 Å². The van der Waals surface area contributed by atoms with Crippen LogP contribution in [0.2, 0.25) is 0 Å². The number of benzene rings is 1. The lowest BCUT2D eigenvalue weighted by molar-refractivity contribution is -0.115. The van der Waals surface area contributed by atoms with E-state index in [1.165, 1.54) is 11.3 Å². The van der Waals surface area contributed by atoms with Gasteiger partial charge in [0.25, 0.3) is 0 Å². The van der Waals surface area contributed by atoms with E-state index < -0.39 is 0 Å². The highest BCUT2D eigenvalue weighted by Crippen LogP contribution is 2.26. The molecule has 2 N–H and O–H groups in total. The van der Waals surface area contributed by atoms with E-state index >= 15 is 0 Å². The molecule has 0 saturated carbocycles. The first kappa shape index (κ1) is 15.6. The van der Waals surface area contributed by atoms with Crippen molar-refractivity contribution in [1.82, 2.24) is 9.97 Å². The van der Waals surface area contributed by atoms with Crippen molar-refractivity contribution in [1.29, 1.82) is 0 Å². The van der Waals surface area contributed by atoms with Crippen LogP contribution in [0.25, 0.3) is 10.9 Å². The van der Waals surface area contributed by atoms with E-state index in [0.717, 1.165) is 27.1 Å². The summed E-state index contributed by atoms with van der Waals surface area (Å²) in [7, 11) is 1.63. The molecule has 0 aliphatic rings. The summed E-state index contributed by atoms with van der Waals surface area (Å²) >= 11 is 1.52. The summed E-state index contributed by atoms with van der Waals surface area (Å²) < 4.78 is 5.25. The van der Waals surface area contributed by atoms with Gasteiger partial charge in [-0.15, -0.1) is 11.3 Å². The van der Waals surface area contributed by atoms with E-state index in [1.54, 1.807) is 7.11 Å². The van der Waals surface area contributed by atoms with Crippen molar-refractivity contribution < 1.29 is 9.53 Å². The Morgan fingerprint density at radius 1 is 1.43 bits per heavy atom. The number of H-pyrrole nitrogens is 1. The third-order valence-electron chi connectivity index (χ3n) is 3.66. The lowest BCUT2D eigenvalue weighted by Crippen LogP contribution is -2.13. The molecular formula is C17H19N3O2S. The Bertz CT molecular complexity index is 835. The number of methoxy groups -OCH3 is 1. The zero-order valence-corrected chi connectivity index (χ0v) is 14.2. The quantitative estimate of drug-likeness (QED) is 0.745. The number of hydrogen-bond donors (Lipinski definition) is 2. The molecule has 0 aliphatic carbocycles. The number of amides is 1. The van der Waals surface area contributed by atoms with E-state index in [1.807, 2.05) is 30.6 Å². The summed E-state index contributed by atoms with van der Waals surface area (Å²) in [5.74, 6) is 1.12. The normalized spacial score (nSPS) is 11.1. The number of fused-ring (bicyclic) bond motifs is 1. The molecule has 23 heavy (non-hydrogen) atoms. The van der Waals surface area contributed by atoms with Gasteiger partial charge < -0.3 is 15.0 Å². The third kappa shape index (κ3) is 3.37. The minimum absolute atomic E-state index is 0.0709. The Balaban J connectivity index is 1.74. The van der Waals surface area contributed by atoms with Gasteiger partial charge >= 0.3 is 0 Å². The van der Waals surface area contributed by atoms with Crippen LogP contribution in [-0.2, 0) is 11.2 Å². The molecule has 0 aliphatic heterocycles. The molecule has 0 atom stereocenters. The summed E-state index contributed by atoms with van der Waals surface area (Å²) in [6.07, 6.45) is 3.98. The van der Waals surface area contributed by atoms with Gasteiger partial charge in [-0.2, -0.15) is 0 Å². The number of rotatable bonds is 5. The largest absolute Gasteiger partial charge is 0.497 e. The Hall–Kier alpha value is -2.34. The molecule has 5 nitrogen and oxygen atoms in total. The second-order valence-corrected chi connectivity index (χ2v) is 6.74. The van der Waals surface area contributed by atoms with Crippen molar-refractivity contribution >= 4 is 33.3 Å². The summed E-state index contributed by atoms with van der Waals surface area (Å²) in [4.78, 5) is 20.9. The molecular weight excluding hydrogens is 310 g/mol. The second kappa shape index (κ2) is 6.42. The van der Waals surface area contributed by atoms with Crippen molar-refractivity contribution in [2.24, 2.45) is 0 Å². The van der Waals surface area contributed by atoms with Crippen molar-refractivity contribution in [2.75, 3.05) is 12.4 Å². The van der Waals surface area contributed by atoms with E-state index in [9.17, 15) is 4.79 Å². The molecule has 3 aromatic rings. The maximum absolute atomic E-state index is 12.3. The number of anilines is 1. The van der Waals surface area contributed by atoms with Gasteiger partial charge in [0.1, 0.15) is 5.75 Å². The molecule has 1 aromatic carbocycles. The Morgan fingerprint density at radius 2 is 2.26 bits per heavy atom. The molecule has 0 spiro atoms. The van der Waals surface area contributed by atoms with Crippen LogP contribution in [0.1, 0.15) is 30.2 Å². The van der Waals surface area contributed by atoms with Crippen LogP contribution in [-0.4, -0.2) is 23.0 Å². The number of nitrogens with zero attached hydrogens (tertiary/aromatic N) is 1. The van der Waals surface area contributed by atoms with Crippen LogP contribution in [0.3, 0.4) is 0 Å². The molecule has 1 amide bonds. The highest BCUT2D eigenvalue weighted by Gasteiger charge is 2.12. The number of aromatic amines is 1. The molecule has 6 heteroatoms. The van der Waals surface area contributed by atoms with Gasteiger partial charge in [-0.1, -0.05) is 13.8 Å². The molecule has 2 aromatic heterocycles. The van der Waals surface area contributed by atoms with Crippen LogP contribution in [0.4, 0.5) is 5.13 Å². The summed E-state index contributed by atoms with van der Waals surface area (Å²) in [5.41, 5.74) is 1.93. The fourth-order valence-corrected chi connectivity index (χ4v) is 3.21. The Labute approximate surface area is 138 Å². The molecule has 120 valence electrons. The van der Waals surface area contributed by atoms with E-state index in [0.29, 0.717) is 17.5 Å². The summed E-state index contributed by atoms with van der Waals surface area (Å²) in [6.45, 7) is 4.22. The number of carbonyl (C=O) groups is 1. The van der Waals surface area contributed by atoms with Crippen LogP contribution in [0.5, 0.6) is 5.75 Å². The predicted molar refractivity (Wildman–Crippen MR) is 93.4 cm³/mol. The molecule has 2 heterocycles. The smallest absolute Gasteiger partial charge is 0.230 e. The van der Waals surface area contributed by atoms with E-state index in [4.69, 9.17) is 4.74 Å². The van der Waals surface area contributed by atoms with Crippen LogP contribution < -0.4 is 10.1 Å². The number of thiazole rings is 1. The zero-order valence-electron chi connectivity index (χ0n) is 13.3. The minimum atomic E-state index is -0.0709. The predicted octanol–water partition coefficient (Wildman–Crippen LogP) is 3.94. The molecule has 3 rings (SSSR count). The number of nitrogens with one attached hydrogen (secondary N) is 2. The zero-order chi connectivity index (χ0) is 16.4. The average molecular weight is 329 g/mol. The maximum atomic E-state index is 12.3. The molecule has 0 fully saturated rings. The third-order valence-corrected chi connectivity index (χ3v) is 4.88. The molecule has 0 unspecified atom stereocenters.